The first kappa shape index (κ1) is 41.1. The molecule has 6 rings (SSSR count). The first-order valence-corrected chi connectivity index (χ1v) is 19.0. The predicted molar refractivity (Wildman–Crippen MR) is 193 cm³/mol. The van der Waals surface area contributed by atoms with Gasteiger partial charge in [0.1, 0.15) is 5.78 Å². The lowest BCUT2D eigenvalue weighted by molar-refractivity contribution is -0.141. The van der Waals surface area contributed by atoms with Crippen LogP contribution < -0.4 is 5.32 Å². The van der Waals surface area contributed by atoms with E-state index in [1.807, 2.05) is 24.3 Å². The number of Topliss-reactive ketones (excluding diaryl/α,β-unsaturated/α-hetero) is 2. The average molecular weight is 847 g/mol. The summed E-state index contributed by atoms with van der Waals surface area (Å²) in [5, 5.41) is 11.4. The third-order valence-corrected chi connectivity index (χ3v) is 11.3. The zero-order chi connectivity index (χ0) is 37.5. The van der Waals surface area contributed by atoms with Crippen molar-refractivity contribution < 1.29 is 41.8 Å². The second kappa shape index (κ2) is 17.9. The van der Waals surface area contributed by atoms with Crippen LogP contribution in [0.2, 0.25) is 0 Å². The Morgan fingerprint density at radius 2 is 1.24 bits per heavy atom. The van der Waals surface area contributed by atoms with Gasteiger partial charge >= 0.3 is 5.97 Å². The normalized spacial score (nSPS) is 27.6. The number of nitrogens with zero attached hydrogens (tertiary/aromatic N) is 1. The number of likely N-dealkylation sites (tertiary alicyclic amines) is 1. The van der Waals surface area contributed by atoms with Crippen molar-refractivity contribution in [1.82, 2.24) is 10.2 Å². The lowest BCUT2D eigenvalue weighted by atomic mass is 9.96. The fraction of sp³-hybridized carbons (Fsp3) is 0.579. The lowest BCUT2D eigenvalue weighted by Gasteiger charge is -2.25. The van der Waals surface area contributed by atoms with Crippen LogP contribution in [0.25, 0.3) is 0 Å². The Bertz CT molecular complexity index is 1530. The summed E-state index contributed by atoms with van der Waals surface area (Å²) in [7, 11) is 0. The topological polar surface area (TPSA) is 104 Å². The summed E-state index contributed by atoms with van der Waals surface area (Å²) < 4.78 is 54.2. The molecule has 0 unspecified atom stereocenters. The van der Waals surface area contributed by atoms with E-state index in [1.54, 1.807) is 0 Å². The van der Waals surface area contributed by atoms with E-state index in [1.165, 1.54) is 25.0 Å². The van der Waals surface area contributed by atoms with E-state index in [0.29, 0.717) is 24.7 Å². The molecule has 4 fully saturated rings. The maximum absolute atomic E-state index is 13.7. The fourth-order valence-electron chi connectivity index (χ4n) is 7.53. The van der Waals surface area contributed by atoms with Gasteiger partial charge in [0.2, 0.25) is 5.91 Å². The molecular weight excluding hydrogens is 800 g/mol. The van der Waals surface area contributed by atoms with Gasteiger partial charge in [-0.25, -0.2) is 17.6 Å². The molecule has 51 heavy (non-hydrogen) atoms. The Hall–Kier alpha value is -2.64. The Kier molecular flexibility index (Phi) is 14.5. The Balaban J connectivity index is 0.000000191. The van der Waals surface area contributed by atoms with Gasteiger partial charge in [0.15, 0.2) is 5.78 Å². The quantitative estimate of drug-likeness (QED) is 0.260. The third kappa shape index (κ3) is 12.5. The first-order chi connectivity index (χ1) is 23.9. The summed E-state index contributed by atoms with van der Waals surface area (Å²) in [5.41, 5.74) is 2.52. The number of ketones is 2. The minimum atomic E-state index is -2.96. The van der Waals surface area contributed by atoms with Crippen LogP contribution in [0.15, 0.2) is 57.5 Å². The maximum atomic E-state index is 13.7. The molecule has 13 heteroatoms. The van der Waals surface area contributed by atoms with Crippen LogP contribution in [-0.2, 0) is 32.0 Å². The van der Waals surface area contributed by atoms with E-state index < -0.39 is 42.9 Å². The number of aliphatic carboxylic acids is 1. The number of rotatable bonds is 8. The fourth-order valence-corrected chi connectivity index (χ4v) is 8.05. The highest BCUT2D eigenvalue weighted by Gasteiger charge is 2.50. The number of halogens is 6. The number of alkyl halides is 4. The summed E-state index contributed by atoms with van der Waals surface area (Å²) in [4.78, 5) is 46.9. The molecule has 0 radical (unpaired) electrons. The minimum Gasteiger partial charge on any atom is -0.481 e. The monoisotopic (exact) mass is 844 g/mol. The molecule has 2 aliphatic heterocycles. The highest BCUT2D eigenvalue weighted by molar-refractivity contribution is 9.10. The van der Waals surface area contributed by atoms with Crippen LogP contribution in [0.4, 0.5) is 17.6 Å². The van der Waals surface area contributed by atoms with Gasteiger partial charge in [0.05, 0.1) is 31.1 Å². The molecule has 2 aliphatic carbocycles. The molecule has 2 aromatic carbocycles. The van der Waals surface area contributed by atoms with Gasteiger partial charge in [-0.3, -0.25) is 19.2 Å². The molecule has 2 saturated heterocycles. The number of benzene rings is 2. The van der Waals surface area contributed by atoms with Crippen molar-refractivity contribution in [2.24, 2.45) is 23.7 Å². The number of carbonyl (C=O) groups is 4. The molecular formula is C38H46Br2F4N2O5. The Labute approximate surface area is 313 Å². The van der Waals surface area contributed by atoms with E-state index in [-0.39, 0.29) is 42.3 Å². The van der Waals surface area contributed by atoms with Gasteiger partial charge in [-0.1, -0.05) is 56.1 Å². The standard InChI is InChI=1S/C19H22BrF2NO2.C13H15BrO2.C6H9F2NO/c1-12(24)17-10-19(21,22)11-23(17)18(25)15-5-2-14(9-15)8-13-3-6-16(20)7-4-13;14-12-5-2-9(3-6-12)7-10-1-4-11(8-10)13(15)16;1-4(10)5-2-6(7,8)3-9-5/h3-4,6-7,14-15,17H,2,5,8-11H2,1H3;2-3,5-6,10-11H,1,4,7-8H2,(H,15,16);5,9H,2-3H2,1H3/t14-,15+,17-;10-,11+;5-/m111/s1. The number of hydrogen-bond donors (Lipinski definition) is 2. The number of hydrogen-bond acceptors (Lipinski definition) is 5. The number of nitrogens with one attached hydrogen (secondary N) is 1. The number of carbonyl (C=O) groups excluding carboxylic acids is 3. The van der Waals surface area contributed by atoms with Gasteiger partial charge < -0.3 is 15.3 Å². The van der Waals surface area contributed by atoms with E-state index in [2.05, 4.69) is 61.4 Å². The van der Waals surface area contributed by atoms with E-state index in [4.69, 9.17) is 5.11 Å². The summed E-state index contributed by atoms with van der Waals surface area (Å²) in [5.74, 6) is -6.52. The summed E-state index contributed by atoms with van der Waals surface area (Å²) in [6.07, 6.45) is 6.09. The molecule has 1 amide bonds. The van der Waals surface area contributed by atoms with Gasteiger partial charge in [0.25, 0.3) is 11.8 Å². The lowest BCUT2D eigenvalue weighted by Crippen LogP contribution is -2.42. The van der Waals surface area contributed by atoms with E-state index >= 15 is 0 Å². The van der Waals surface area contributed by atoms with Crippen LogP contribution in [0.5, 0.6) is 0 Å². The SMILES string of the molecule is CC(=O)[C@H]1CC(F)(F)CN1.CC(=O)[C@H]1CC(F)(F)CN1C(=O)[C@H]1CC[C@H](Cc2ccc(Br)cc2)C1.O=C(O)[C@H]1CC[C@H](Cc2ccc(Br)cc2)C1. The molecule has 0 aromatic heterocycles. The molecule has 4 aliphatic rings. The number of amides is 1. The number of carboxylic acid groups (broad SMARTS) is 1. The van der Waals surface area contributed by atoms with Gasteiger partial charge in [-0.05, 0) is 112 Å². The highest BCUT2D eigenvalue weighted by atomic mass is 79.9. The summed E-state index contributed by atoms with van der Waals surface area (Å²) in [6, 6.07) is 14.8. The first-order valence-electron chi connectivity index (χ1n) is 17.4. The van der Waals surface area contributed by atoms with Gasteiger partial charge in [-0.15, -0.1) is 0 Å². The smallest absolute Gasteiger partial charge is 0.306 e. The second-order valence-electron chi connectivity index (χ2n) is 14.5. The largest absolute Gasteiger partial charge is 0.481 e. The van der Waals surface area contributed by atoms with Crippen molar-refractivity contribution in [3.8, 4) is 0 Å². The summed E-state index contributed by atoms with van der Waals surface area (Å²) >= 11 is 6.82. The molecule has 6 atom stereocenters. The van der Waals surface area contributed by atoms with Crippen LogP contribution in [0.3, 0.4) is 0 Å². The molecule has 0 spiro atoms. The molecule has 2 N–H and O–H groups in total. The van der Waals surface area contributed by atoms with Crippen molar-refractivity contribution in [3.05, 3.63) is 68.6 Å². The third-order valence-electron chi connectivity index (χ3n) is 10.3. The van der Waals surface area contributed by atoms with E-state index in [9.17, 15) is 36.7 Å². The average Bonchev–Trinajstić information content (AvgIpc) is 3.86. The molecule has 280 valence electrons. The molecule has 7 nitrogen and oxygen atoms in total. The van der Waals surface area contributed by atoms with Crippen LogP contribution in [0, 0.1) is 23.7 Å². The van der Waals surface area contributed by atoms with Crippen molar-refractivity contribution in [2.75, 3.05) is 13.1 Å². The second-order valence-corrected chi connectivity index (χ2v) is 16.3. The van der Waals surface area contributed by atoms with Gasteiger partial charge in [-0.2, -0.15) is 0 Å². The molecule has 2 aromatic rings. The number of carboxylic acids is 1. The molecule has 2 saturated carbocycles. The van der Waals surface area contributed by atoms with Crippen molar-refractivity contribution in [3.63, 3.8) is 0 Å². The summed E-state index contributed by atoms with van der Waals surface area (Å²) in [6.45, 7) is 1.62. The van der Waals surface area contributed by atoms with Crippen molar-refractivity contribution in [2.45, 2.75) is 102 Å². The Morgan fingerprint density at radius 3 is 1.63 bits per heavy atom. The minimum absolute atomic E-state index is 0.111. The van der Waals surface area contributed by atoms with Crippen LogP contribution in [0.1, 0.15) is 76.3 Å². The van der Waals surface area contributed by atoms with Crippen molar-refractivity contribution >= 4 is 55.3 Å². The predicted octanol–water partition coefficient (Wildman–Crippen LogP) is 8.30. The maximum Gasteiger partial charge on any atom is 0.306 e. The zero-order valence-electron chi connectivity index (χ0n) is 28.9. The van der Waals surface area contributed by atoms with Crippen molar-refractivity contribution in [1.29, 1.82) is 0 Å². The van der Waals surface area contributed by atoms with Crippen LogP contribution >= 0.6 is 31.9 Å². The van der Waals surface area contributed by atoms with E-state index in [0.717, 1.165) is 52.4 Å². The van der Waals surface area contributed by atoms with Crippen LogP contribution in [-0.4, -0.2) is 70.5 Å². The van der Waals surface area contributed by atoms with Gasteiger partial charge in [0, 0.05) is 27.7 Å². The molecule has 2 heterocycles. The Morgan fingerprint density at radius 1 is 0.745 bits per heavy atom. The molecule has 0 bridgehead atoms. The zero-order valence-corrected chi connectivity index (χ0v) is 32.0. The highest BCUT2D eigenvalue weighted by Crippen LogP contribution is 2.39.